The predicted octanol–water partition coefficient (Wildman–Crippen LogP) is 2.85. The van der Waals surface area contributed by atoms with Gasteiger partial charge in [0.05, 0.1) is 23.8 Å². The van der Waals surface area contributed by atoms with Gasteiger partial charge in [0.15, 0.2) is 6.61 Å². The van der Waals surface area contributed by atoms with Gasteiger partial charge >= 0.3 is 5.97 Å². The molecule has 10 heteroatoms. The van der Waals surface area contributed by atoms with E-state index in [1.807, 2.05) is 13.0 Å². The first kappa shape index (κ1) is 24.3. The van der Waals surface area contributed by atoms with Crippen molar-refractivity contribution in [2.45, 2.75) is 26.8 Å². The van der Waals surface area contributed by atoms with Crippen LogP contribution in [0.5, 0.6) is 5.75 Å². The highest BCUT2D eigenvalue weighted by molar-refractivity contribution is 5.98. The number of nitro benzene ring substituents is 1. The summed E-state index contributed by atoms with van der Waals surface area (Å²) >= 11 is 0. The number of rotatable bonds is 9. The third-order valence-electron chi connectivity index (χ3n) is 4.50. The summed E-state index contributed by atoms with van der Waals surface area (Å²) in [5, 5.41) is 16.0. The van der Waals surface area contributed by atoms with Gasteiger partial charge in [0.2, 0.25) is 0 Å². The molecule has 0 saturated heterocycles. The number of ether oxygens (including phenoxy) is 2. The van der Waals surface area contributed by atoms with E-state index in [1.165, 1.54) is 19.2 Å². The van der Waals surface area contributed by atoms with E-state index in [0.717, 1.165) is 11.6 Å². The Kier molecular flexibility index (Phi) is 8.28. The van der Waals surface area contributed by atoms with E-state index in [4.69, 9.17) is 9.47 Å². The fourth-order valence-electron chi connectivity index (χ4n) is 2.82. The number of aryl methyl sites for hydroxylation is 1. The van der Waals surface area contributed by atoms with Crippen LogP contribution in [0.1, 0.15) is 29.8 Å². The number of methoxy groups -OCH3 is 1. The minimum Gasteiger partial charge on any atom is -0.494 e. The van der Waals surface area contributed by atoms with Gasteiger partial charge in [-0.15, -0.1) is 0 Å². The Bertz CT molecular complexity index is 1020. The lowest BCUT2D eigenvalue weighted by atomic mass is 10.0. The molecule has 0 aliphatic heterocycles. The van der Waals surface area contributed by atoms with Gasteiger partial charge in [0, 0.05) is 11.6 Å². The van der Waals surface area contributed by atoms with Crippen LogP contribution in [0.4, 0.5) is 11.4 Å². The van der Waals surface area contributed by atoms with Crippen LogP contribution in [0.3, 0.4) is 0 Å². The number of anilines is 1. The topological polar surface area (TPSA) is 137 Å². The molecule has 0 aliphatic carbocycles. The van der Waals surface area contributed by atoms with Crippen LogP contribution in [0.15, 0.2) is 42.5 Å². The number of nitrogens with one attached hydrogen (secondary N) is 2. The zero-order chi connectivity index (χ0) is 23.8. The van der Waals surface area contributed by atoms with Crippen LogP contribution in [0.2, 0.25) is 0 Å². The van der Waals surface area contributed by atoms with Gasteiger partial charge < -0.3 is 20.1 Å². The fourth-order valence-corrected chi connectivity index (χ4v) is 2.82. The summed E-state index contributed by atoms with van der Waals surface area (Å²) < 4.78 is 10.1. The van der Waals surface area contributed by atoms with Crippen molar-refractivity contribution < 1.29 is 28.8 Å². The van der Waals surface area contributed by atoms with Gasteiger partial charge in [0.25, 0.3) is 17.5 Å². The van der Waals surface area contributed by atoms with Crippen molar-refractivity contribution in [1.82, 2.24) is 5.32 Å². The fraction of sp³-hybridized carbons (Fsp3) is 0.318. The van der Waals surface area contributed by atoms with Crippen molar-refractivity contribution in [3.63, 3.8) is 0 Å². The largest absolute Gasteiger partial charge is 0.494 e. The number of hydrogen-bond acceptors (Lipinski definition) is 7. The van der Waals surface area contributed by atoms with E-state index >= 15 is 0 Å². The van der Waals surface area contributed by atoms with E-state index in [2.05, 4.69) is 10.6 Å². The van der Waals surface area contributed by atoms with Crippen LogP contribution in [-0.4, -0.2) is 42.5 Å². The van der Waals surface area contributed by atoms with Crippen LogP contribution in [0, 0.1) is 23.0 Å². The van der Waals surface area contributed by atoms with Crippen molar-refractivity contribution >= 4 is 29.2 Å². The molecule has 2 amide bonds. The number of non-ortho nitro benzene ring substituents is 1. The Morgan fingerprint density at radius 1 is 1.12 bits per heavy atom. The lowest BCUT2D eigenvalue weighted by Crippen LogP contribution is -2.46. The average Bonchev–Trinajstić information content (AvgIpc) is 2.75. The molecule has 0 aliphatic rings. The van der Waals surface area contributed by atoms with Crippen molar-refractivity contribution in [2.24, 2.45) is 5.92 Å². The molecule has 32 heavy (non-hydrogen) atoms. The Hall–Kier alpha value is -3.95. The Labute approximate surface area is 185 Å². The van der Waals surface area contributed by atoms with Crippen molar-refractivity contribution in [3.8, 4) is 5.75 Å². The minimum absolute atomic E-state index is 0.0874. The lowest BCUT2D eigenvalue weighted by Gasteiger charge is -2.21. The summed E-state index contributed by atoms with van der Waals surface area (Å²) in [4.78, 5) is 47.5. The highest BCUT2D eigenvalue weighted by atomic mass is 16.6. The normalized spacial score (nSPS) is 11.4. The van der Waals surface area contributed by atoms with E-state index < -0.39 is 35.4 Å². The smallest absolute Gasteiger partial charge is 0.329 e. The Morgan fingerprint density at radius 3 is 2.44 bits per heavy atom. The molecular formula is C22H25N3O7. The number of carbonyl (C=O) groups is 3. The molecule has 0 aromatic heterocycles. The van der Waals surface area contributed by atoms with Gasteiger partial charge in [-0.2, -0.15) is 0 Å². The lowest BCUT2D eigenvalue weighted by molar-refractivity contribution is -0.384. The summed E-state index contributed by atoms with van der Waals surface area (Å²) in [6, 6.07) is 9.66. The molecule has 0 heterocycles. The first-order chi connectivity index (χ1) is 15.1. The van der Waals surface area contributed by atoms with Crippen LogP contribution >= 0.6 is 0 Å². The second-order valence-electron chi connectivity index (χ2n) is 7.36. The number of nitrogens with zero attached hydrogens (tertiary/aromatic N) is 1. The average molecular weight is 443 g/mol. The van der Waals surface area contributed by atoms with Crippen molar-refractivity contribution in [3.05, 3.63) is 63.7 Å². The standard InChI is InChI=1S/C22H25N3O7/c1-13(2)20(24-21(27)15-7-5-6-14(3)10-15)22(28)32-12-19(26)23-17-9-8-16(25(29)30)11-18(17)31-4/h5-11,13,20H,12H2,1-4H3,(H,23,26)(H,24,27)/t20-/m0/s1. The zero-order valence-corrected chi connectivity index (χ0v) is 18.2. The number of esters is 1. The number of benzene rings is 2. The van der Waals surface area contributed by atoms with Gasteiger partial charge in [-0.25, -0.2) is 4.79 Å². The molecular weight excluding hydrogens is 418 g/mol. The predicted molar refractivity (Wildman–Crippen MR) is 117 cm³/mol. The van der Waals surface area contributed by atoms with Crippen molar-refractivity contribution in [1.29, 1.82) is 0 Å². The van der Waals surface area contributed by atoms with Gasteiger partial charge in [-0.3, -0.25) is 19.7 Å². The highest BCUT2D eigenvalue weighted by Gasteiger charge is 2.27. The van der Waals surface area contributed by atoms with Gasteiger partial charge in [0.1, 0.15) is 11.8 Å². The minimum atomic E-state index is -0.954. The molecule has 1 atom stereocenters. The highest BCUT2D eigenvalue weighted by Crippen LogP contribution is 2.28. The number of carbonyl (C=O) groups excluding carboxylic acids is 3. The SMILES string of the molecule is COc1cc([N+](=O)[O-])ccc1NC(=O)COC(=O)[C@@H](NC(=O)c1cccc(C)c1)C(C)C. The molecule has 10 nitrogen and oxygen atoms in total. The molecule has 170 valence electrons. The second-order valence-corrected chi connectivity index (χ2v) is 7.36. The third kappa shape index (κ3) is 6.53. The van der Waals surface area contributed by atoms with E-state index in [9.17, 15) is 24.5 Å². The number of amides is 2. The molecule has 0 radical (unpaired) electrons. The number of nitro groups is 1. The van der Waals surface area contributed by atoms with Crippen LogP contribution < -0.4 is 15.4 Å². The molecule has 0 bridgehead atoms. The molecule has 0 spiro atoms. The van der Waals surface area contributed by atoms with Gasteiger partial charge in [-0.05, 0) is 31.0 Å². The first-order valence-corrected chi connectivity index (χ1v) is 9.78. The molecule has 2 rings (SSSR count). The number of hydrogen-bond donors (Lipinski definition) is 2. The maximum absolute atomic E-state index is 12.5. The van der Waals surface area contributed by atoms with E-state index in [0.29, 0.717) is 5.56 Å². The summed E-state index contributed by atoms with van der Waals surface area (Å²) in [5.41, 5.74) is 1.30. The Morgan fingerprint density at radius 2 is 1.84 bits per heavy atom. The third-order valence-corrected chi connectivity index (χ3v) is 4.50. The van der Waals surface area contributed by atoms with Gasteiger partial charge in [-0.1, -0.05) is 31.5 Å². The van der Waals surface area contributed by atoms with Crippen LogP contribution in [-0.2, 0) is 14.3 Å². The van der Waals surface area contributed by atoms with E-state index in [-0.39, 0.29) is 23.0 Å². The zero-order valence-electron chi connectivity index (χ0n) is 18.2. The monoisotopic (exact) mass is 443 g/mol. The second kappa shape index (κ2) is 10.9. The molecule has 0 unspecified atom stereocenters. The van der Waals surface area contributed by atoms with Crippen LogP contribution in [0.25, 0.3) is 0 Å². The molecule has 2 aromatic rings. The molecule has 2 N–H and O–H groups in total. The molecule has 0 fully saturated rings. The first-order valence-electron chi connectivity index (χ1n) is 9.78. The maximum atomic E-state index is 12.5. The summed E-state index contributed by atoms with van der Waals surface area (Å²) in [6.45, 7) is 4.72. The summed E-state index contributed by atoms with van der Waals surface area (Å²) in [7, 11) is 1.30. The molecule has 2 aromatic carbocycles. The Balaban J connectivity index is 1.99. The maximum Gasteiger partial charge on any atom is 0.329 e. The van der Waals surface area contributed by atoms with Crippen molar-refractivity contribution in [2.75, 3.05) is 19.0 Å². The summed E-state index contributed by atoms with van der Waals surface area (Å²) in [6.07, 6.45) is 0. The molecule has 0 saturated carbocycles. The van der Waals surface area contributed by atoms with E-state index in [1.54, 1.807) is 32.0 Å². The summed E-state index contributed by atoms with van der Waals surface area (Å²) in [5.74, 6) is -2.05. The quantitative estimate of drug-likeness (QED) is 0.345.